The highest BCUT2D eigenvalue weighted by molar-refractivity contribution is 7.98. The van der Waals surface area contributed by atoms with Crippen molar-refractivity contribution in [2.75, 3.05) is 25.8 Å². The third-order valence-electron chi connectivity index (χ3n) is 2.98. The molecular formula is C16H19NO2S. The fourth-order valence-corrected chi connectivity index (χ4v) is 2.37. The summed E-state index contributed by atoms with van der Waals surface area (Å²) in [5, 5.41) is 3.41. The molecule has 4 heteroatoms. The van der Waals surface area contributed by atoms with E-state index in [4.69, 9.17) is 9.47 Å². The summed E-state index contributed by atoms with van der Waals surface area (Å²) in [6.45, 7) is 0.728. The van der Waals surface area contributed by atoms with E-state index in [0.717, 1.165) is 29.3 Å². The second-order valence-corrected chi connectivity index (χ2v) is 5.19. The van der Waals surface area contributed by atoms with Gasteiger partial charge in [0.15, 0.2) is 0 Å². The maximum Gasteiger partial charge on any atom is 0.122 e. The van der Waals surface area contributed by atoms with Crippen molar-refractivity contribution >= 4 is 17.4 Å². The van der Waals surface area contributed by atoms with Gasteiger partial charge in [-0.25, -0.2) is 0 Å². The quantitative estimate of drug-likeness (QED) is 0.813. The van der Waals surface area contributed by atoms with Gasteiger partial charge in [0.25, 0.3) is 0 Å². The van der Waals surface area contributed by atoms with Gasteiger partial charge in [-0.2, -0.15) is 0 Å². The number of rotatable bonds is 6. The van der Waals surface area contributed by atoms with Crippen LogP contribution < -0.4 is 14.8 Å². The summed E-state index contributed by atoms with van der Waals surface area (Å²) < 4.78 is 10.5. The normalized spacial score (nSPS) is 10.2. The van der Waals surface area contributed by atoms with Crippen molar-refractivity contribution in [2.45, 2.75) is 11.4 Å². The van der Waals surface area contributed by atoms with Gasteiger partial charge >= 0.3 is 0 Å². The Labute approximate surface area is 124 Å². The Morgan fingerprint density at radius 1 is 1.00 bits per heavy atom. The molecular weight excluding hydrogens is 270 g/mol. The van der Waals surface area contributed by atoms with E-state index in [9.17, 15) is 0 Å². The van der Waals surface area contributed by atoms with Crippen LogP contribution in [-0.2, 0) is 6.54 Å². The first-order valence-corrected chi connectivity index (χ1v) is 7.57. The maximum atomic E-state index is 5.27. The minimum atomic E-state index is 0.728. The van der Waals surface area contributed by atoms with Crippen molar-refractivity contribution in [1.82, 2.24) is 0 Å². The number of methoxy groups -OCH3 is 2. The Kier molecular flexibility index (Phi) is 5.18. The molecule has 0 aliphatic rings. The summed E-state index contributed by atoms with van der Waals surface area (Å²) in [7, 11) is 3.32. The van der Waals surface area contributed by atoms with E-state index in [1.807, 2.05) is 18.2 Å². The Morgan fingerprint density at radius 3 is 2.30 bits per heavy atom. The van der Waals surface area contributed by atoms with Crippen LogP contribution >= 0.6 is 11.8 Å². The van der Waals surface area contributed by atoms with Crippen molar-refractivity contribution < 1.29 is 9.47 Å². The molecule has 0 fully saturated rings. The van der Waals surface area contributed by atoms with Gasteiger partial charge in [-0.15, -0.1) is 11.8 Å². The van der Waals surface area contributed by atoms with Crippen LogP contribution in [0.5, 0.6) is 11.5 Å². The molecule has 2 aromatic carbocycles. The van der Waals surface area contributed by atoms with Crippen LogP contribution in [0.25, 0.3) is 0 Å². The van der Waals surface area contributed by atoms with Crippen molar-refractivity contribution in [3.05, 3.63) is 48.0 Å². The zero-order valence-electron chi connectivity index (χ0n) is 12.0. The van der Waals surface area contributed by atoms with E-state index in [1.54, 1.807) is 26.0 Å². The molecule has 0 aromatic heterocycles. The van der Waals surface area contributed by atoms with E-state index in [-0.39, 0.29) is 0 Å². The second-order valence-electron chi connectivity index (χ2n) is 4.31. The minimum Gasteiger partial charge on any atom is -0.497 e. The SMILES string of the molecule is COc1cc(CNc2cccc(SC)c2)cc(OC)c1. The molecule has 0 aliphatic heterocycles. The third kappa shape index (κ3) is 3.84. The van der Waals surface area contributed by atoms with Gasteiger partial charge in [0.05, 0.1) is 14.2 Å². The lowest BCUT2D eigenvalue weighted by Gasteiger charge is -2.11. The van der Waals surface area contributed by atoms with Crippen LogP contribution in [0.3, 0.4) is 0 Å². The van der Waals surface area contributed by atoms with E-state index >= 15 is 0 Å². The number of hydrogen-bond acceptors (Lipinski definition) is 4. The topological polar surface area (TPSA) is 30.5 Å². The van der Waals surface area contributed by atoms with Crippen molar-refractivity contribution in [1.29, 1.82) is 0 Å². The predicted molar refractivity (Wildman–Crippen MR) is 85.1 cm³/mol. The number of ether oxygens (including phenoxy) is 2. The van der Waals surface area contributed by atoms with E-state index in [0.29, 0.717) is 0 Å². The summed E-state index contributed by atoms with van der Waals surface area (Å²) in [5.74, 6) is 1.61. The summed E-state index contributed by atoms with van der Waals surface area (Å²) in [6, 6.07) is 14.3. The standard InChI is InChI=1S/C16H19NO2S/c1-18-14-7-12(8-15(10-14)19-2)11-17-13-5-4-6-16(9-13)20-3/h4-10,17H,11H2,1-3H3. The molecule has 20 heavy (non-hydrogen) atoms. The molecule has 0 saturated carbocycles. The van der Waals surface area contributed by atoms with Gasteiger partial charge in [0.2, 0.25) is 0 Å². The van der Waals surface area contributed by atoms with Crippen molar-refractivity contribution in [3.63, 3.8) is 0 Å². The second kappa shape index (κ2) is 7.10. The zero-order valence-corrected chi connectivity index (χ0v) is 12.8. The van der Waals surface area contributed by atoms with Crippen molar-refractivity contribution in [2.24, 2.45) is 0 Å². The highest BCUT2D eigenvalue weighted by Crippen LogP contribution is 2.24. The summed E-state index contributed by atoms with van der Waals surface area (Å²) in [6.07, 6.45) is 2.08. The number of benzene rings is 2. The maximum absolute atomic E-state index is 5.27. The Bertz CT molecular complexity index is 550. The molecule has 0 atom stereocenters. The van der Waals surface area contributed by atoms with Crippen LogP contribution in [-0.4, -0.2) is 20.5 Å². The highest BCUT2D eigenvalue weighted by Gasteiger charge is 2.02. The molecule has 0 bridgehead atoms. The molecule has 0 spiro atoms. The molecule has 1 N–H and O–H groups in total. The van der Waals surface area contributed by atoms with Gasteiger partial charge in [0, 0.05) is 23.2 Å². The molecule has 0 heterocycles. The minimum absolute atomic E-state index is 0.728. The van der Waals surface area contributed by atoms with Crippen LogP contribution in [0.15, 0.2) is 47.4 Å². The monoisotopic (exact) mass is 289 g/mol. The summed E-state index contributed by atoms with van der Waals surface area (Å²) in [4.78, 5) is 1.25. The van der Waals surface area contributed by atoms with Gasteiger partial charge in [-0.05, 0) is 42.2 Å². The van der Waals surface area contributed by atoms with Gasteiger partial charge in [-0.3, -0.25) is 0 Å². The first-order valence-electron chi connectivity index (χ1n) is 6.35. The van der Waals surface area contributed by atoms with Crippen LogP contribution in [0, 0.1) is 0 Å². The number of thioether (sulfide) groups is 1. The fourth-order valence-electron chi connectivity index (χ4n) is 1.91. The number of anilines is 1. The molecule has 3 nitrogen and oxygen atoms in total. The summed E-state index contributed by atoms with van der Waals surface area (Å²) >= 11 is 1.74. The van der Waals surface area contributed by atoms with Crippen LogP contribution in [0.1, 0.15) is 5.56 Å². The molecule has 2 rings (SSSR count). The number of hydrogen-bond donors (Lipinski definition) is 1. The Hall–Kier alpha value is -1.81. The number of nitrogens with one attached hydrogen (secondary N) is 1. The molecule has 2 aromatic rings. The lowest BCUT2D eigenvalue weighted by Crippen LogP contribution is -2.00. The van der Waals surface area contributed by atoms with Crippen LogP contribution in [0.4, 0.5) is 5.69 Å². The van der Waals surface area contributed by atoms with Crippen molar-refractivity contribution in [3.8, 4) is 11.5 Å². The first kappa shape index (κ1) is 14.6. The average Bonchev–Trinajstić information content (AvgIpc) is 2.52. The predicted octanol–water partition coefficient (Wildman–Crippen LogP) is 4.04. The van der Waals surface area contributed by atoms with E-state index in [2.05, 4.69) is 35.8 Å². The Morgan fingerprint density at radius 2 is 1.70 bits per heavy atom. The Balaban J connectivity index is 2.09. The zero-order chi connectivity index (χ0) is 14.4. The molecule has 0 aliphatic carbocycles. The largest absolute Gasteiger partial charge is 0.497 e. The smallest absolute Gasteiger partial charge is 0.122 e. The average molecular weight is 289 g/mol. The first-order chi connectivity index (χ1) is 9.75. The fraction of sp³-hybridized carbons (Fsp3) is 0.250. The van der Waals surface area contributed by atoms with E-state index in [1.165, 1.54) is 4.90 Å². The summed E-state index contributed by atoms with van der Waals surface area (Å²) in [5.41, 5.74) is 2.23. The third-order valence-corrected chi connectivity index (χ3v) is 3.70. The molecule has 0 unspecified atom stereocenters. The molecule has 0 amide bonds. The van der Waals surface area contributed by atoms with Gasteiger partial charge < -0.3 is 14.8 Å². The van der Waals surface area contributed by atoms with Crippen LogP contribution in [0.2, 0.25) is 0 Å². The lowest BCUT2D eigenvalue weighted by molar-refractivity contribution is 0.393. The highest BCUT2D eigenvalue weighted by atomic mass is 32.2. The molecule has 0 saturated heterocycles. The van der Waals surface area contributed by atoms with Gasteiger partial charge in [-0.1, -0.05) is 6.07 Å². The van der Waals surface area contributed by atoms with Gasteiger partial charge in [0.1, 0.15) is 11.5 Å². The molecule has 106 valence electrons. The van der Waals surface area contributed by atoms with E-state index < -0.39 is 0 Å². The molecule has 0 radical (unpaired) electrons. The lowest BCUT2D eigenvalue weighted by atomic mass is 10.2.